The molecule has 0 radical (unpaired) electrons. The van der Waals surface area contributed by atoms with Crippen LogP contribution < -0.4 is 15.0 Å². The Morgan fingerprint density at radius 2 is 1.83 bits per heavy atom. The molecule has 0 saturated carbocycles. The second-order valence-corrected chi connectivity index (χ2v) is 9.52. The average Bonchev–Trinajstić information content (AvgIpc) is 3.31. The van der Waals surface area contributed by atoms with Gasteiger partial charge in [-0.05, 0) is 53.6 Å². The van der Waals surface area contributed by atoms with Crippen LogP contribution in [0.2, 0.25) is 10.0 Å². The summed E-state index contributed by atoms with van der Waals surface area (Å²) in [6, 6.07) is 17.6. The van der Waals surface area contributed by atoms with Gasteiger partial charge in [0.25, 0.3) is 0 Å². The van der Waals surface area contributed by atoms with E-state index in [0.717, 1.165) is 28.1 Å². The fourth-order valence-electron chi connectivity index (χ4n) is 4.69. The lowest BCUT2D eigenvalue weighted by molar-refractivity contribution is 0.222. The van der Waals surface area contributed by atoms with E-state index in [4.69, 9.17) is 27.9 Å². The normalized spacial score (nSPS) is 18.2. The number of benzene rings is 3. The van der Waals surface area contributed by atoms with Crippen LogP contribution in [0.3, 0.4) is 0 Å². The van der Waals surface area contributed by atoms with Crippen LogP contribution in [0.4, 0.5) is 16.0 Å². The molecule has 0 fully saturated rings. The van der Waals surface area contributed by atoms with Gasteiger partial charge in [0, 0.05) is 41.0 Å². The topological polar surface area (TPSA) is 55.2 Å². The van der Waals surface area contributed by atoms with Crippen LogP contribution >= 0.6 is 23.2 Å². The van der Waals surface area contributed by atoms with Crippen LogP contribution in [0.25, 0.3) is 5.70 Å². The van der Waals surface area contributed by atoms with E-state index in [-0.39, 0.29) is 5.82 Å². The summed E-state index contributed by atoms with van der Waals surface area (Å²) in [4.78, 5) is 6.43. The third-order valence-electron chi connectivity index (χ3n) is 6.35. The Morgan fingerprint density at radius 3 is 2.57 bits per heavy atom. The molecule has 6 nitrogen and oxygen atoms in total. The standard InChI is InChI=1S/C26H20Cl2FN5O/c1-33(2)17-7-3-14(4-8-17)25-22-23(19-12-16(29)6-10-21(19)35-25)32-26-30-13-31-34(26)24(22)18-9-5-15(27)11-20(18)28/h3-13,24-25H,1-2H3,(H,30,31,32)/t24-,25+/m1/s1. The maximum atomic E-state index is 14.4. The third kappa shape index (κ3) is 3.63. The molecular formula is C26H20Cl2FN5O. The van der Waals surface area contributed by atoms with E-state index in [1.165, 1.54) is 18.5 Å². The van der Waals surface area contributed by atoms with Crippen LogP contribution in [0.15, 0.2) is 72.6 Å². The zero-order valence-electron chi connectivity index (χ0n) is 18.8. The highest BCUT2D eigenvalue weighted by molar-refractivity contribution is 6.35. The van der Waals surface area contributed by atoms with E-state index in [0.29, 0.717) is 27.3 Å². The Balaban J connectivity index is 1.61. The summed E-state index contributed by atoms with van der Waals surface area (Å²) in [6.45, 7) is 0. The van der Waals surface area contributed by atoms with Crippen molar-refractivity contribution in [3.63, 3.8) is 0 Å². The molecule has 6 rings (SSSR count). The number of nitrogens with zero attached hydrogens (tertiary/aromatic N) is 4. The predicted molar refractivity (Wildman–Crippen MR) is 136 cm³/mol. The summed E-state index contributed by atoms with van der Waals surface area (Å²) < 4.78 is 22.7. The first-order valence-corrected chi connectivity index (χ1v) is 11.8. The fraction of sp³-hybridized carbons (Fsp3) is 0.154. The van der Waals surface area contributed by atoms with Crippen LogP contribution in [0.1, 0.15) is 28.8 Å². The van der Waals surface area contributed by atoms with Crippen LogP contribution in [0, 0.1) is 5.82 Å². The predicted octanol–water partition coefficient (Wildman–Crippen LogP) is 6.35. The third-order valence-corrected chi connectivity index (χ3v) is 6.91. The van der Waals surface area contributed by atoms with Crippen molar-refractivity contribution in [3.05, 3.63) is 105 Å². The van der Waals surface area contributed by atoms with Gasteiger partial charge in [0.05, 0.1) is 5.70 Å². The first-order valence-electron chi connectivity index (χ1n) is 11.0. The van der Waals surface area contributed by atoms with Gasteiger partial charge in [0.1, 0.15) is 30.0 Å². The number of halogens is 3. The van der Waals surface area contributed by atoms with Gasteiger partial charge in [-0.3, -0.25) is 0 Å². The highest BCUT2D eigenvalue weighted by Crippen LogP contribution is 2.51. The fourth-order valence-corrected chi connectivity index (χ4v) is 5.20. The molecule has 4 aromatic rings. The number of hydrogen-bond donors (Lipinski definition) is 1. The van der Waals surface area contributed by atoms with Gasteiger partial charge in [-0.2, -0.15) is 10.1 Å². The van der Waals surface area contributed by atoms with Gasteiger partial charge in [-0.1, -0.05) is 41.4 Å². The summed E-state index contributed by atoms with van der Waals surface area (Å²) in [7, 11) is 3.99. The van der Waals surface area contributed by atoms with Gasteiger partial charge in [-0.25, -0.2) is 9.07 Å². The zero-order chi connectivity index (χ0) is 24.3. The molecule has 3 aromatic carbocycles. The molecule has 0 saturated heterocycles. The molecule has 35 heavy (non-hydrogen) atoms. The summed E-state index contributed by atoms with van der Waals surface area (Å²) >= 11 is 12.9. The van der Waals surface area contributed by atoms with Crippen molar-refractivity contribution in [2.24, 2.45) is 0 Å². The quantitative estimate of drug-likeness (QED) is 0.350. The van der Waals surface area contributed by atoms with E-state index in [9.17, 15) is 4.39 Å². The first kappa shape index (κ1) is 21.9. The van der Waals surface area contributed by atoms with E-state index < -0.39 is 12.1 Å². The summed E-state index contributed by atoms with van der Waals surface area (Å²) in [6.07, 6.45) is 0.993. The Bertz CT molecular complexity index is 1480. The smallest absolute Gasteiger partial charge is 0.226 e. The second-order valence-electron chi connectivity index (χ2n) is 8.68. The maximum absolute atomic E-state index is 14.4. The lowest BCUT2D eigenvalue weighted by atomic mass is 9.84. The second kappa shape index (κ2) is 8.29. The SMILES string of the molecule is CN(C)c1ccc([C@@H]2Oc3ccc(F)cc3C3=C2[C@@H](c2ccc(Cl)cc2Cl)n2ncnc2N3)cc1. The van der Waals surface area contributed by atoms with Crippen LogP contribution in [-0.2, 0) is 0 Å². The monoisotopic (exact) mass is 507 g/mol. The molecule has 1 aromatic heterocycles. The number of ether oxygens (including phenoxy) is 1. The Morgan fingerprint density at radius 1 is 1.03 bits per heavy atom. The molecule has 2 aliphatic heterocycles. The maximum Gasteiger partial charge on any atom is 0.226 e. The van der Waals surface area contributed by atoms with E-state index in [1.807, 2.05) is 49.3 Å². The number of fused-ring (bicyclic) bond motifs is 3. The van der Waals surface area contributed by atoms with Crippen molar-refractivity contribution in [3.8, 4) is 5.75 Å². The number of hydrogen-bond acceptors (Lipinski definition) is 5. The van der Waals surface area contributed by atoms with E-state index in [2.05, 4.69) is 15.4 Å². The molecule has 1 N–H and O–H groups in total. The molecule has 0 unspecified atom stereocenters. The lowest BCUT2D eigenvalue weighted by Crippen LogP contribution is -2.32. The first-order chi connectivity index (χ1) is 16.9. The van der Waals surface area contributed by atoms with Crippen LogP contribution in [-0.4, -0.2) is 28.9 Å². The van der Waals surface area contributed by atoms with Gasteiger partial charge >= 0.3 is 0 Å². The molecule has 0 spiro atoms. The minimum atomic E-state index is -0.485. The Labute approximate surface area is 211 Å². The van der Waals surface area contributed by atoms with Gasteiger partial charge in [0.2, 0.25) is 5.95 Å². The van der Waals surface area contributed by atoms with Gasteiger partial charge in [0.15, 0.2) is 0 Å². The highest BCUT2D eigenvalue weighted by Gasteiger charge is 2.41. The molecule has 2 aliphatic rings. The number of aromatic nitrogens is 3. The van der Waals surface area contributed by atoms with Crippen molar-refractivity contribution >= 4 is 40.5 Å². The number of rotatable bonds is 3. The number of anilines is 2. The van der Waals surface area contributed by atoms with E-state index >= 15 is 0 Å². The molecule has 3 heterocycles. The van der Waals surface area contributed by atoms with Crippen molar-refractivity contribution in [2.75, 3.05) is 24.3 Å². The van der Waals surface area contributed by atoms with Crippen molar-refractivity contribution in [2.45, 2.75) is 12.1 Å². The minimum absolute atomic E-state index is 0.358. The largest absolute Gasteiger partial charge is 0.480 e. The van der Waals surface area contributed by atoms with Gasteiger partial charge < -0.3 is 15.0 Å². The minimum Gasteiger partial charge on any atom is -0.480 e. The molecule has 9 heteroatoms. The highest BCUT2D eigenvalue weighted by atomic mass is 35.5. The molecule has 0 bridgehead atoms. The average molecular weight is 508 g/mol. The number of nitrogens with one attached hydrogen (secondary N) is 1. The molecule has 2 atom stereocenters. The molecule has 0 amide bonds. The van der Waals surface area contributed by atoms with Crippen molar-refractivity contribution in [1.29, 1.82) is 0 Å². The lowest BCUT2D eigenvalue weighted by Gasteiger charge is -2.39. The molecule has 0 aliphatic carbocycles. The van der Waals surface area contributed by atoms with Gasteiger partial charge in [-0.15, -0.1) is 0 Å². The zero-order valence-corrected chi connectivity index (χ0v) is 20.3. The molecular weight excluding hydrogens is 488 g/mol. The van der Waals surface area contributed by atoms with Crippen molar-refractivity contribution < 1.29 is 9.13 Å². The van der Waals surface area contributed by atoms with Crippen LogP contribution in [0.5, 0.6) is 5.75 Å². The van der Waals surface area contributed by atoms with E-state index in [1.54, 1.807) is 22.9 Å². The molecule has 176 valence electrons. The summed E-state index contributed by atoms with van der Waals surface area (Å²) in [5.41, 5.74) is 4.99. The summed E-state index contributed by atoms with van der Waals surface area (Å²) in [5, 5.41) is 8.88. The summed E-state index contributed by atoms with van der Waals surface area (Å²) in [5.74, 6) is 0.745. The Hall–Kier alpha value is -3.55. The van der Waals surface area contributed by atoms with Crippen molar-refractivity contribution in [1.82, 2.24) is 14.8 Å². The Kier molecular flexibility index (Phi) is 5.20.